The van der Waals surface area contributed by atoms with Crippen molar-refractivity contribution in [2.75, 3.05) is 31.2 Å². The number of amidine groups is 1. The zero-order valence-corrected chi connectivity index (χ0v) is 20.6. The number of carbonyl (C=O) groups is 3. The quantitative estimate of drug-likeness (QED) is 0.510. The van der Waals surface area contributed by atoms with Crippen molar-refractivity contribution in [1.29, 1.82) is 5.41 Å². The Balaban J connectivity index is 1.60. The zero-order chi connectivity index (χ0) is 26.4. The fourth-order valence-electron chi connectivity index (χ4n) is 4.72. The van der Waals surface area contributed by atoms with Gasteiger partial charge in [-0.25, -0.2) is 4.39 Å². The van der Waals surface area contributed by atoms with Crippen molar-refractivity contribution < 1.29 is 33.4 Å². The monoisotopic (exact) mass is 497 g/mol. The minimum absolute atomic E-state index is 0.0486. The molecule has 0 atom stereocenters. The molecule has 10 heteroatoms. The number of hydrogen-bond acceptors (Lipinski definition) is 6. The summed E-state index contributed by atoms with van der Waals surface area (Å²) in [6.45, 7) is 6.94. The molecule has 0 spiro atoms. The first-order chi connectivity index (χ1) is 17.0. The largest absolute Gasteiger partial charge is 0.490 e. The molecule has 190 valence electrons. The summed E-state index contributed by atoms with van der Waals surface area (Å²) in [4.78, 5) is 39.9. The van der Waals surface area contributed by atoms with Crippen LogP contribution in [0, 0.1) is 11.2 Å². The molecule has 0 radical (unpaired) electrons. The molecule has 9 nitrogen and oxygen atoms in total. The SMILES string of the molecule is CCOc1cc2c(c(F)c1OCC)C(=N)N(CC(=O)c1ccc3c(c1)C(C)(C)C(=O)N3CC(=O)O)C2. The molecule has 0 saturated heterocycles. The van der Waals surface area contributed by atoms with Crippen molar-refractivity contribution in [3.63, 3.8) is 0 Å². The zero-order valence-electron chi connectivity index (χ0n) is 20.6. The van der Waals surface area contributed by atoms with Crippen LogP contribution in [-0.4, -0.2) is 59.8 Å². The molecular weight excluding hydrogens is 469 g/mol. The van der Waals surface area contributed by atoms with Crippen LogP contribution in [-0.2, 0) is 21.5 Å². The first-order valence-corrected chi connectivity index (χ1v) is 11.7. The Kier molecular flexibility index (Phi) is 6.46. The summed E-state index contributed by atoms with van der Waals surface area (Å²) >= 11 is 0. The molecule has 4 rings (SSSR count). The maximum Gasteiger partial charge on any atom is 0.323 e. The van der Waals surface area contributed by atoms with E-state index in [2.05, 4.69) is 0 Å². The third kappa shape index (κ3) is 4.06. The number of carbonyl (C=O) groups excluding carboxylic acids is 2. The Morgan fingerprint density at radius 1 is 1.14 bits per heavy atom. The van der Waals surface area contributed by atoms with Crippen molar-refractivity contribution in [2.45, 2.75) is 39.7 Å². The predicted molar refractivity (Wildman–Crippen MR) is 130 cm³/mol. The number of hydrogen-bond donors (Lipinski definition) is 2. The Morgan fingerprint density at radius 2 is 1.83 bits per heavy atom. The number of carboxylic acids is 1. The Hall–Kier alpha value is -3.95. The van der Waals surface area contributed by atoms with E-state index in [4.69, 9.17) is 14.9 Å². The molecule has 0 fully saturated rings. The van der Waals surface area contributed by atoms with E-state index in [0.717, 1.165) is 0 Å². The Bertz CT molecular complexity index is 1290. The van der Waals surface area contributed by atoms with E-state index in [1.54, 1.807) is 52.0 Å². The van der Waals surface area contributed by atoms with Gasteiger partial charge >= 0.3 is 5.97 Å². The molecule has 2 aliphatic rings. The number of nitrogens with one attached hydrogen (secondary N) is 1. The number of aliphatic carboxylic acids is 1. The minimum atomic E-state index is -1.13. The van der Waals surface area contributed by atoms with Crippen LogP contribution in [0.4, 0.5) is 10.1 Å². The first-order valence-electron chi connectivity index (χ1n) is 11.7. The first kappa shape index (κ1) is 25.2. The highest BCUT2D eigenvalue weighted by Gasteiger charge is 2.45. The highest BCUT2D eigenvalue weighted by atomic mass is 19.1. The fraction of sp³-hybridized carbons (Fsp3) is 0.385. The molecule has 0 aliphatic carbocycles. The number of anilines is 1. The highest BCUT2D eigenvalue weighted by molar-refractivity contribution is 6.11. The number of carboxylic acid groups (broad SMARTS) is 1. The van der Waals surface area contributed by atoms with Crippen LogP contribution in [0.5, 0.6) is 11.5 Å². The van der Waals surface area contributed by atoms with E-state index in [9.17, 15) is 19.5 Å². The van der Waals surface area contributed by atoms with Gasteiger partial charge in [-0.05, 0) is 63.1 Å². The number of benzene rings is 2. The molecule has 1 amide bonds. The van der Waals surface area contributed by atoms with E-state index < -0.39 is 23.7 Å². The maximum absolute atomic E-state index is 15.3. The van der Waals surface area contributed by atoms with Crippen LogP contribution < -0.4 is 14.4 Å². The molecule has 2 aliphatic heterocycles. The lowest BCUT2D eigenvalue weighted by Crippen LogP contribution is -2.39. The van der Waals surface area contributed by atoms with E-state index in [1.165, 1.54) is 9.80 Å². The van der Waals surface area contributed by atoms with Crippen LogP contribution in [0.2, 0.25) is 0 Å². The van der Waals surface area contributed by atoms with E-state index >= 15 is 4.39 Å². The lowest BCUT2D eigenvalue weighted by Gasteiger charge is -2.19. The van der Waals surface area contributed by atoms with Crippen molar-refractivity contribution in [2.24, 2.45) is 0 Å². The van der Waals surface area contributed by atoms with Crippen molar-refractivity contribution >= 4 is 29.2 Å². The van der Waals surface area contributed by atoms with E-state index in [1.807, 2.05) is 0 Å². The topological polar surface area (TPSA) is 120 Å². The molecular formula is C26H28FN3O6. The van der Waals surface area contributed by atoms with Gasteiger partial charge < -0.3 is 24.4 Å². The number of amides is 1. The molecule has 0 aromatic heterocycles. The third-order valence-electron chi connectivity index (χ3n) is 6.46. The second kappa shape index (κ2) is 9.25. The second-order valence-corrected chi connectivity index (χ2v) is 9.19. The smallest absolute Gasteiger partial charge is 0.323 e. The van der Waals surface area contributed by atoms with E-state index in [0.29, 0.717) is 29.0 Å². The molecule has 2 aromatic carbocycles. The van der Waals surface area contributed by atoms with Gasteiger partial charge in [0.2, 0.25) is 5.91 Å². The average molecular weight is 498 g/mol. The molecule has 0 unspecified atom stereocenters. The second-order valence-electron chi connectivity index (χ2n) is 9.19. The van der Waals surface area contributed by atoms with Gasteiger partial charge in [-0.1, -0.05) is 0 Å². The molecule has 0 saturated carbocycles. The van der Waals surface area contributed by atoms with Crippen molar-refractivity contribution in [3.8, 4) is 11.5 Å². The summed E-state index contributed by atoms with van der Waals surface area (Å²) in [7, 11) is 0. The number of ether oxygens (including phenoxy) is 2. The maximum atomic E-state index is 15.3. The van der Waals surface area contributed by atoms with Gasteiger partial charge in [0, 0.05) is 17.8 Å². The summed E-state index contributed by atoms with van der Waals surface area (Å²) in [5.41, 5.74) is 0.960. The molecule has 36 heavy (non-hydrogen) atoms. The molecule has 2 heterocycles. The van der Waals surface area contributed by atoms with Crippen LogP contribution in [0.1, 0.15) is 54.7 Å². The number of fused-ring (bicyclic) bond motifs is 2. The van der Waals surface area contributed by atoms with Crippen molar-refractivity contribution in [3.05, 3.63) is 52.3 Å². The fourth-order valence-corrected chi connectivity index (χ4v) is 4.72. The lowest BCUT2D eigenvalue weighted by molar-refractivity contribution is -0.137. The van der Waals surface area contributed by atoms with Gasteiger partial charge in [-0.2, -0.15) is 0 Å². The number of halogens is 1. The van der Waals surface area contributed by atoms with Gasteiger partial charge in [0.15, 0.2) is 23.1 Å². The minimum Gasteiger partial charge on any atom is -0.490 e. The van der Waals surface area contributed by atoms with Crippen LogP contribution in [0.25, 0.3) is 0 Å². The number of rotatable bonds is 9. The van der Waals surface area contributed by atoms with Crippen molar-refractivity contribution in [1.82, 2.24) is 4.90 Å². The predicted octanol–water partition coefficient (Wildman–Crippen LogP) is 3.36. The van der Waals surface area contributed by atoms with Crippen LogP contribution in [0.3, 0.4) is 0 Å². The molecule has 0 bridgehead atoms. The van der Waals surface area contributed by atoms with Crippen LogP contribution >= 0.6 is 0 Å². The van der Waals surface area contributed by atoms with Gasteiger partial charge in [0.1, 0.15) is 12.4 Å². The highest BCUT2D eigenvalue weighted by Crippen LogP contribution is 2.42. The Labute approximate surface area is 207 Å². The Morgan fingerprint density at radius 3 is 2.47 bits per heavy atom. The summed E-state index contributed by atoms with van der Waals surface area (Å²) in [5.74, 6) is -2.40. The summed E-state index contributed by atoms with van der Waals surface area (Å²) < 4.78 is 26.3. The van der Waals surface area contributed by atoms with Gasteiger partial charge in [0.25, 0.3) is 0 Å². The molecule has 2 N–H and O–H groups in total. The van der Waals surface area contributed by atoms with Gasteiger partial charge in [-0.15, -0.1) is 0 Å². The van der Waals surface area contributed by atoms with Gasteiger partial charge in [0.05, 0.1) is 30.7 Å². The van der Waals surface area contributed by atoms with Gasteiger partial charge in [-0.3, -0.25) is 19.8 Å². The van der Waals surface area contributed by atoms with Crippen LogP contribution in [0.15, 0.2) is 24.3 Å². The summed E-state index contributed by atoms with van der Waals surface area (Å²) in [5, 5.41) is 17.7. The normalized spacial score (nSPS) is 15.7. The number of Topliss-reactive ketones (excluding diaryl/α,β-unsaturated/α-hetero) is 1. The molecule has 2 aromatic rings. The summed E-state index contributed by atoms with van der Waals surface area (Å²) in [6.07, 6.45) is 0. The average Bonchev–Trinajstić information content (AvgIpc) is 3.22. The third-order valence-corrected chi connectivity index (χ3v) is 6.46. The number of nitrogens with zero attached hydrogens (tertiary/aromatic N) is 2. The summed E-state index contributed by atoms with van der Waals surface area (Å²) in [6, 6.07) is 6.36. The lowest BCUT2D eigenvalue weighted by atomic mass is 9.85. The standard InChI is InChI=1S/C26H28FN3O6/c1-5-35-19-10-15-11-29(24(28)21(15)22(27)23(19)36-6-2)12-18(31)14-7-8-17-16(9-14)26(3,4)25(34)30(17)13-20(32)33/h7-10,28H,5-6,11-13H2,1-4H3,(H,32,33). The van der Waals surface area contributed by atoms with E-state index in [-0.39, 0.29) is 54.3 Å². The number of ketones is 1.